The molecule has 0 aromatic heterocycles. The first-order valence-corrected chi connectivity index (χ1v) is 11.0. The topological polar surface area (TPSA) is 18.5 Å². The normalized spacial score (nSPS) is 20.1. The maximum atomic E-state index is 4.60. The average Bonchev–Trinajstić information content (AvgIpc) is 3.11. The van der Waals surface area contributed by atoms with Gasteiger partial charge in [0.2, 0.25) is 0 Å². The molecule has 29 heavy (non-hydrogen) atoms. The molecule has 3 atom stereocenters. The molecule has 1 aliphatic heterocycles. The first-order valence-electron chi connectivity index (χ1n) is 11.0. The fraction of sp³-hybridized carbons (Fsp3) is 0.538. The third-order valence-electron chi connectivity index (χ3n) is 6.11. The van der Waals surface area contributed by atoms with Crippen LogP contribution in [0.25, 0.3) is 0 Å². The molecule has 3 heteroatoms. The second-order valence-electron chi connectivity index (χ2n) is 8.98. The molecule has 0 radical (unpaired) electrons. The van der Waals surface area contributed by atoms with E-state index in [2.05, 4.69) is 107 Å². The van der Waals surface area contributed by atoms with Gasteiger partial charge in [0, 0.05) is 42.6 Å². The van der Waals surface area contributed by atoms with Gasteiger partial charge in [0.15, 0.2) is 0 Å². The molecule has 0 saturated carbocycles. The van der Waals surface area contributed by atoms with E-state index in [4.69, 9.17) is 0 Å². The standard InChI is InChI=1S/C26H41N3/c1-10-20(6)29-17-16-24(26(29)23-14-12-11-13-15-23)22(8)28(9)25(18(2)3)21(7)27-19(4)5/h11-15,18-19,24-27H,6-8,10,16-17H2,1-5,9H3. The van der Waals surface area contributed by atoms with Crippen molar-refractivity contribution in [1.29, 1.82) is 0 Å². The Labute approximate surface area is 179 Å². The second kappa shape index (κ2) is 10.0. The minimum absolute atomic E-state index is 0.213. The molecule has 0 aliphatic carbocycles. The molecule has 1 aromatic rings. The Morgan fingerprint density at radius 1 is 1.14 bits per heavy atom. The first kappa shape index (κ1) is 23.1. The highest BCUT2D eigenvalue weighted by molar-refractivity contribution is 5.27. The molecule has 3 unspecified atom stereocenters. The summed E-state index contributed by atoms with van der Waals surface area (Å²) >= 11 is 0. The Hall–Kier alpha value is -2.16. The molecule has 1 aliphatic rings. The van der Waals surface area contributed by atoms with Gasteiger partial charge in [-0.2, -0.15) is 0 Å². The molecule has 1 saturated heterocycles. The van der Waals surface area contributed by atoms with Gasteiger partial charge in [0.25, 0.3) is 0 Å². The lowest BCUT2D eigenvalue weighted by molar-refractivity contribution is 0.215. The molecule has 0 amide bonds. The second-order valence-corrected chi connectivity index (χ2v) is 8.98. The van der Waals surface area contributed by atoms with Crippen molar-refractivity contribution in [2.75, 3.05) is 13.6 Å². The fourth-order valence-corrected chi connectivity index (χ4v) is 4.74. The molecule has 3 nitrogen and oxygen atoms in total. The molecule has 1 fully saturated rings. The van der Waals surface area contributed by atoms with Crippen LogP contribution in [0.3, 0.4) is 0 Å². The molecule has 2 rings (SSSR count). The van der Waals surface area contributed by atoms with Gasteiger partial charge in [-0.25, -0.2) is 0 Å². The van der Waals surface area contributed by atoms with Crippen LogP contribution in [0, 0.1) is 11.8 Å². The van der Waals surface area contributed by atoms with Crippen LogP contribution in [0.1, 0.15) is 59.1 Å². The van der Waals surface area contributed by atoms with Crippen LogP contribution in [0.15, 0.2) is 67.2 Å². The molecule has 1 aromatic carbocycles. The summed E-state index contributed by atoms with van der Waals surface area (Å²) in [6.45, 7) is 25.4. The summed E-state index contributed by atoms with van der Waals surface area (Å²) in [4.78, 5) is 4.85. The number of allylic oxidation sites excluding steroid dienone is 1. The molecule has 0 bridgehead atoms. The highest BCUT2D eigenvalue weighted by atomic mass is 15.2. The van der Waals surface area contributed by atoms with Gasteiger partial charge in [-0.15, -0.1) is 0 Å². The Kier molecular flexibility index (Phi) is 8.01. The van der Waals surface area contributed by atoms with E-state index in [9.17, 15) is 0 Å². The van der Waals surface area contributed by atoms with Crippen molar-refractivity contribution in [2.45, 2.75) is 65.6 Å². The van der Waals surface area contributed by atoms with Crippen LogP contribution in [-0.2, 0) is 0 Å². The van der Waals surface area contributed by atoms with Gasteiger partial charge < -0.3 is 15.1 Å². The van der Waals surface area contributed by atoms with E-state index in [0.29, 0.717) is 17.9 Å². The Morgan fingerprint density at radius 3 is 2.28 bits per heavy atom. The summed E-state index contributed by atoms with van der Waals surface area (Å²) in [6.07, 6.45) is 2.07. The maximum absolute atomic E-state index is 4.60. The molecule has 160 valence electrons. The van der Waals surface area contributed by atoms with Crippen molar-refractivity contribution in [1.82, 2.24) is 15.1 Å². The summed E-state index contributed by atoms with van der Waals surface area (Å²) < 4.78 is 0. The lowest BCUT2D eigenvalue weighted by Gasteiger charge is -2.40. The first-order chi connectivity index (χ1) is 13.7. The lowest BCUT2D eigenvalue weighted by atomic mass is 9.88. The number of rotatable bonds is 10. The average molecular weight is 396 g/mol. The SMILES string of the molecule is C=C(NC(C)C)C(C(C)C)N(C)C(=C)C1CCN(C(=C)CC)C1c1ccccc1. The maximum Gasteiger partial charge on any atom is 0.0698 e. The minimum Gasteiger partial charge on any atom is -0.385 e. The van der Waals surface area contributed by atoms with E-state index >= 15 is 0 Å². The van der Waals surface area contributed by atoms with E-state index in [0.717, 1.165) is 25.1 Å². The van der Waals surface area contributed by atoms with E-state index in [-0.39, 0.29) is 12.1 Å². The number of likely N-dealkylation sites (N-methyl/N-ethyl adjacent to an activating group) is 1. The van der Waals surface area contributed by atoms with Crippen LogP contribution in [0.4, 0.5) is 0 Å². The van der Waals surface area contributed by atoms with Gasteiger partial charge >= 0.3 is 0 Å². The summed E-state index contributed by atoms with van der Waals surface area (Å²) in [5, 5.41) is 3.53. The monoisotopic (exact) mass is 395 g/mol. The van der Waals surface area contributed by atoms with Crippen LogP contribution in [0.2, 0.25) is 0 Å². The predicted molar refractivity (Wildman–Crippen MR) is 126 cm³/mol. The lowest BCUT2D eigenvalue weighted by Crippen LogP contribution is -2.44. The van der Waals surface area contributed by atoms with E-state index in [1.165, 1.54) is 17.0 Å². The predicted octanol–water partition coefficient (Wildman–Crippen LogP) is 5.96. The van der Waals surface area contributed by atoms with Gasteiger partial charge in [-0.05, 0) is 38.2 Å². The largest absolute Gasteiger partial charge is 0.385 e. The molecular weight excluding hydrogens is 354 g/mol. The summed E-state index contributed by atoms with van der Waals surface area (Å²) in [6, 6.07) is 11.7. The number of hydrogen-bond acceptors (Lipinski definition) is 3. The van der Waals surface area contributed by atoms with Crippen molar-refractivity contribution < 1.29 is 0 Å². The van der Waals surface area contributed by atoms with Crippen molar-refractivity contribution in [2.24, 2.45) is 11.8 Å². The van der Waals surface area contributed by atoms with E-state index < -0.39 is 0 Å². The third kappa shape index (κ3) is 5.26. The third-order valence-corrected chi connectivity index (χ3v) is 6.11. The Balaban J connectivity index is 2.33. The van der Waals surface area contributed by atoms with Gasteiger partial charge in [0.05, 0.1) is 12.1 Å². The number of hydrogen-bond donors (Lipinski definition) is 1. The Morgan fingerprint density at radius 2 is 1.76 bits per heavy atom. The van der Waals surface area contributed by atoms with E-state index in [1.807, 2.05) is 0 Å². The fourth-order valence-electron chi connectivity index (χ4n) is 4.74. The van der Waals surface area contributed by atoms with Crippen LogP contribution >= 0.6 is 0 Å². The highest BCUT2D eigenvalue weighted by Gasteiger charge is 2.39. The highest BCUT2D eigenvalue weighted by Crippen LogP contribution is 2.44. The Bertz CT molecular complexity index is 704. The zero-order chi connectivity index (χ0) is 21.7. The van der Waals surface area contributed by atoms with Crippen molar-refractivity contribution in [3.63, 3.8) is 0 Å². The molecule has 1 heterocycles. The number of benzene rings is 1. The number of nitrogens with one attached hydrogen (secondary N) is 1. The summed E-state index contributed by atoms with van der Waals surface area (Å²) in [5.41, 5.74) is 4.82. The van der Waals surface area contributed by atoms with Gasteiger partial charge in [0.1, 0.15) is 0 Å². The summed E-state index contributed by atoms with van der Waals surface area (Å²) in [5.74, 6) is 0.799. The zero-order valence-electron chi connectivity index (χ0n) is 19.4. The van der Waals surface area contributed by atoms with Gasteiger partial charge in [-0.1, -0.05) is 70.8 Å². The van der Waals surface area contributed by atoms with Crippen molar-refractivity contribution in [3.05, 3.63) is 72.7 Å². The molecular formula is C26H41N3. The smallest absolute Gasteiger partial charge is 0.0698 e. The van der Waals surface area contributed by atoms with Crippen LogP contribution < -0.4 is 5.32 Å². The number of likely N-dealkylation sites (tertiary alicyclic amines) is 1. The van der Waals surface area contributed by atoms with Crippen LogP contribution in [-0.4, -0.2) is 35.5 Å². The minimum atomic E-state index is 0.213. The number of nitrogens with zero attached hydrogens (tertiary/aromatic N) is 2. The zero-order valence-corrected chi connectivity index (χ0v) is 19.4. The van der Waals surface area contributed by atoms with Crippen molar-refractivity contribution >= 4 is 0 Å². The van der Waals surface area contributed by atoms with Crippen LogP contribution in [0.5, 0.6) is 0 Å². The molecule has 0 spiro atoms. The molecule has 1 N–H and O–H groups in total. The summed E-state index contributed by atoms with van der Waals surface area (Å²) in [7, 11) is 2.18. The van der Waals surface area contributed by atoms with Crippen molar-refractivity contribution in [3.8, 4) is 0 Å². The van der Waals surface area contributed by atoms with E-state index in [1.54, 1.807) is 0 Å². The van der Waals surface area contributed by atoms with Gasteiger partial charge in [-0.3, -0.25) is 0 Å². The quantitative estimate of drug-likeness (QED) is 0.528.